The summed E-state index contributed by atoms with van der Waals surface area (Å²) in [6.07, 6.45) is 0.581. The Morgan fingerprint density at radius 1 is 0.944 bits per heavy atom. The molecule has 0 amide bonds. The second-order valence-corrected chi connectivity index (χ2v) is 3.99. The van der Waals surface area contributed by atoms with Crippen LogP contribution in [0.5, 0.6) is 0 Å². The molecular weight excluding hydrogens is 265 g/mol. The van der Waals surface area contributed by atoms with Crippen LogP contribution in [0.1, 0.15) is 10.4 Å². The molecule has 0 saturated heterocycles. The normalized spacial score (nSPS) is 10.4. The van der Waals surface area contributed by atoms with Crippen molar-refractivity contribution in [2.45, 2.75) is 0 Å². The van der Waals surface area contributed by atoms with Crippen LogP contribution in [0, 0.1) is 17.5 Å². The molecule has 5 heteroatoms. The van der Waals surface area contributed by atoms with Gasteiger partial charge in [-0.1, -0.05) is 23.7 Å². The molecule has 0 fully saturated rings. The minimum absolute atomic E-state index is 0.0875. The van der Waals surface area contributed by atoms with Gasteiger partial charge in [0.15, 0.2) is 17.5 Å². The second-order valence-electron chi connectivity index (χ2n) is 3.58. The predicted molar refractivity (Wildman–Crippen MR) is 62.1 cm³/mol. The molecule has 18 heavy (non-hydrogen) atoms. The Morgan fingerprint density at radius 3 is 2.22 bits per heavy atom. The summed E-state index contributed by atoms with van der Waals surface area (Å²) in [4.78, 5) is 10.5. The Kier molecular flexibility index (Phi) is 3.39. The van der Waals surface area contributed by atoms with Gasteiger partial charge in [0.05, 0.1) is 0 Å². The zero-order valence-electron chi connectivity index (χ0n) is 8.88. The number of carbonyl (C=O) groups is 1. The number of hydrogen-bond acceptors (Lipinski definition) is 1. The van der Waals surface area contributed by atoms with E-state index in [-0.39, 0.29) is 16.1 Å². The average Bonchev–Trinajstić information content (AvgIpc) is 2.37. The van der Waals surface area contributed by atoms with Crippen LogP contribution < -0.4 is 0 Å². The third-order valence-corrected chi connectivity index (χ3v) is 2.77. The lowest BCUT2D eigenvalue weighted by Gasteiger charge is -2.07. The minimum atomic E-state index is -1.55. The van der Waals surface area contributed by atoms with Gasteiger partial charge in [-0.15, -0.1) is 0 Å². The highest BCUT2D eigenvalue weighted by Crippen LogP contribution is 2.32. The molecule has 0 atom stereocenters. The summed E-state index contributed by atoms with van der Waals surface area (Å²) in [6.45, 7) is 0. The zero-order chi connectivity index (χ0) is 13.3. The maximum Gasteiger partial charge on any atom is 0.195 e. The highest BCUT2D eigenvalue weighted by atomic mass is 35.5. The summed E-state index contributed by atoms with van der Waals surface area (Å²) >= 11 is 5.87. The lowest BCUT2D eigenvalue weighted by atomic mass is 10.0. The summed E-state index contributed by atoms with van der Waals surface area (Å²) in [7, 11) is 0. The monoisotopic (exact) mass is 270 g/mol. The number of halogens is 4. The quantitative estimate of drug-likeness (QED) is 0.589. The molecule has 1 nitrogen and oxygen atoms in total. The molecule has 0 heterocycles. The van der Waals surface area contributed by atoms with Crippen molar-refractivity contribution < 1.29 is 18.0 Å². The summed E-state index contributed by atoms with van der Waals surface area (Å²) < 4.78 is 39.5. The molecule has 0 aliphatic heterocycles. The molecule has 92 valence electrons. The molecule has 0 spiro atoms. The van der Waals surface area contributed by atoms with E-state index in [4.69, 9.17) is 11.6 Å². The summed E-state index contributed by atoms with van der Waals surface area (Å²) in [6, 6.07) is 6.02. The highest BCUT2D eigenvalue weighted by molar-refractivity contribution is 6.33. The van der Waals surface area contributed by atoms with E-state index >= 15 is 0 Å². The summed E-state index contributed by atoms with van der Waals surface area (Å²) in [5.41, 5.74) is 0.349. The van der Waals surface area contributed by atoms with E-state index in [1.54, 1.807) is 0 Å². The van der Waals surface area contributed by atoms with Crippen LogP contribution in [0.3, 0.4) is 0 Å². The minimum Gasteiger partial charge on any atom is -0.298 e. The predicted octanol–water partition coefficient (Wildman–Crippen LogP) is 4.24. The fourth-order valence-corrected chi connectivity index (χ4v) is 1.85. The van der Waals surface area contributed by atoms with E-state index in [1.165, 1.54) is 18.2 Å². The van der Waals surface area contributed by atoms with Crippen LogP contribution in [-0.2, 0) is 0 Å². The molecule has 0 unspecified atom stereocenters. The smallest absolute Gasteiger partial charge is 0.195 e. The van der Waals surface area contributed by atoms with Gasteiger partial charge >= 0.3 is 0 Å². The first-order chi connectivity index (χ1) is 8.54. The van der Waals surface area contributed by atoms with Gasteiger partial charge in [0, 0.05) is 21.7 Å². The topological polar surface area (TPSA) is 17.1 Å². The number of benzene rings is 2. The van der Waals surface area contributed by atoms with Gasteiger partial charge in [-0.3, -0.25) is 4.79 Å². The fourth-order valence-electron chi connectivity index (χ4n) is 1.56. The third-order valence-electron chi connectivity index (χ3n) is 2.45. The first-order valence-corrected chi connectivity index (χ1v) is 5.31. The van der Waals surface area contributed by atoms with Gasteiger partial charge in [0.25, 0.3) is 0 Å². The largest absolute Gasteiger partial charge is 0.298 e. The fraction of sp³-hybridized carbons (Fsp3) is 0. The van der Waals surface area contributed by atoms with Gasteiger partial charge in [-0.05, 0) is 18.2 Å². The van der Waals surface area contributed by atoms with E-state index in [9.17, 15) is 18.0 Å². The van der Waals surface area contributed by atoms with Crippen molar-refractivity contribution in [3.63, 3.8) is 0 Å². The molecular formula is C13H6ClF3O. The van der Waals surface area contributed by atoms with Gasteiger partial charge in [-0.25, -0.2) is 13.2 Å². The standard InChI is InChI=1S/C13H6ClF3O/c14-10-5-7(6-18)1-2-8(10)9-3-4-11(15)13(17)12(9)16/h1-6H. The van der Waals surface area contributed by atoms with E-state index < -0.39 is 17.5 Å². The molecule has 0 saturated carbocycles. The number of carbonyl (C=O) groups excluding carboxylic acids is 1. The van der Waals surface area contributed by atoms with E-state index in [2.05, 4.69) is 0 Å². The highest BCUT2D eigenvalue weighted by Gasteiger charge is 2.16. The lowest BCUT2D eigenvalue weighted by Crippen LogP contribution is -1.94. The Labute approximate surface area is 106 Å². The van der Waals surface area contributed by atoms with Crippen molar-refractivity contribution in [3.8, 4) is 11.1 Å². The van der Waals surface area contributed by atoms with Crippen LogP contribution in [0.2, 0.25) is 5.02 Å². The molecule has 0 radical (unpaired) electrons. The van der Waals surface area contributed by atoms with Crippen molar-refractivity contribution in [2.75, 3.05) is 0 Å². The SMILES string of the molecule is O=Cc1ccc(-c2ccc(F)c(F)c2F)c(Cl)c1. The van der Waals surface area contributed by atoms with Crippen LogP contribution in [0.4, 0.5) is 13.2 Å². The lowest BCUT2D eigenvalue weighted by molar-refractivity contribution is 0.112. The third kappa shape index (κ3) is 2.11. The Hall–Kier alpha value is -1.81. The van der Waals surface area contributed by atoms with Crippen molar-refractivity contribution in [1.82, 2.24) is 0 Å². The van der Waals surface area contributed by atoms with Crippen LogP contribution in [0.25, 0.3) is 11.1 Å². The summed E-state index contributed by atoms with van der Waals surface area (Å²) in [5.74, 6) is -4.13. The van der Waals surface area contributed by atoms with Crippen molar-refractivity contribution in [1.29, 1.82) is 0 Å². The second kappa shape index (κ2) is 4.82. The van der Waals surface area contributed by atoms with E-state index in [0.29, 0.717) is 11.8 Å². The molecule has 2 aromatic carbocycles. The van der Waals surface area contributed by atoms with Crippen molar-refractivity contribution in [3.05, 3.63) is 58.4 Å². The average molecular weight is 271 g/mol. The Bertz CT molecular complexity index is 626. The van der Waals surface area contributed by atoms with E-state index in [1.807, 2.05) is 0 Å². The molecule has 0 bridgehead atoms. The molecule has 0 aliphatic rings. The number of aldehydes is 1. The summed E-state index contributed by atoms with van der Waals surface area (Å²) in [5, 5.41) is 0.0875. The van der Waals surface area contributed by atoms with E-state index in [0.717, 1.165) is 12.1 Å². The molecule has 0 N–H and O–H groups in total. The van der Waals surface area contributed by atoms with Crippen molar-refractivity contribution >= 4 is 17.9 Å². The van der Waals surface area contributed by atoms with Gasteiger partial charge in [-0.2, -0.15) is 0 Å². The van der Waals surface area contributed by atoms with Crippen molar-refractivity contribution in [2.24, 2.45) is 0 Å². The zero-order valence-corrected chi connectivity index (χ0v) is 9.64. The van der Waals surface area contributed by atoms with Gasteiger partial charge in [0.2, 0.25) is 0 Å². The number of hydrogen-bond donors (Lipinski definition) is 0. The molecule has 0 aromatic heterocycles. The Morgan fingerprint density at radius 2 is 1.61 bits per heavy atom. The van der Waals surface area contributed by atoms with Crippen LogP contribution in [-0.4, -0.2) is 6.29 Å². The maximum atomic E-state index is 13.6. The molecule has 0 aliphatic carbocycles. The first kappa shape index (κ1) is 12.6. The van der Waals surface area contributed by atoms with Gasteiger partial charge in [0.1, 0.15) is 6.29 Å². The van der Waals surface area contributed by atoms with Crippen LogP contribution in [0.15, 0.2) is 30.3 Å². The van der Waals surface area contributed by atoms with Gasteiger partial charge < -0.3 is 0 Å². The molecule has 2 aromatic rings. The molecule has 2 rings (SSSR count). The maximum absolute atomic E-state index is 13.6. The number of rotatable bonds is 2. The van der Waals surface area contributed by atoms with Crippen LogP contribution >= 0.6 is 11.6 Å². The Balaban J connectivity index is 2.62. The first-order valence-electron chi connectivity index (χ1n) is 4.93.